The van der Waals surface area contributed by atoms with Crippen LogP contribution in [0.15, 0.2) is 24.3 Å². The molecule has 0 amide bonds. The Balaban J connectivity index is 2.71. The van der Waals surface area contributed by atoms with Gasteiger partial charge in [0, 0.05) is 6.61 Å². The second-order valence-electron chi connectivity index (χ2n) is 3.44. The molecular weight excluding hydrogens is 224 g/mol. The number of carbonyl (C=O) groups is 1. The van der Waals surface area contributed by atoms with E-state index in [9.17, 15) is 4.79 Å². The lowest BCUT2D eigenvalue weighted by Gasteiger charge is -2.14. The van der Waals surface area contributed by atoms with Crippen molar-refractivity contribution in [1.82, 2.24) is 0 Å². The van der Waals surface area contributed by atoms with Crippen LogP contribution in [-0.4, -0.2) is 36.5 Å². The number of methoxy groups -OCH3 is 1. The smallest absolute Gasteiger partial charge is 0.337 e. The van der Waals surface area contributed by atoms with E-state index in [0.29, 0.717) is 17.7 Å². The van der Waals surface area contributed by atoms with Gasteiger partial charge in [-0.25, -0.2) is 4.79 Å². The molecule has 0 bridgehead atoms. The minimum atomic E-state index is -1.05. The molecule has 1 atom stereocenters. The van der Waals surface area contributed by atoms with Crippen LogP contribution in [0.3, 0.4) is 0 Å². The summed E-state index contributed by atoms with van der Waals surface area (Å²) in [4.78, 5) is 11.0. The van der Waals surface area contributed by atoms with Crippen molar-refractivity contribution in [2.24, 2.45) is 0 Å². The zero-order chi connectivity index (χ0) is 12.7. The van der Waals surface area contributed by atoms with Gasteiger partial charge in [0.05, 0.1) is 13.7 Å². The highest BCUT2D eigenvalue weighted by molar-refractivity contribution is 5.74. The summed E-state index contributed by atoms with van der Waals surface area (Å²) in [5, 5.41) is 17.6. The monoisotopic (exact) mass is 240 g/mol. The van der Waals surface area contributed by atoms with Crippen molar-refractivity contribution in [2.75, 3.05) is 20.3 Å². The van der Waals surface area contributed by atoms with E-state index >= 15 is 0 Å². The molecule has 94 valence electrons. The highest BCUT2D eigenvalue weighted by atomic mass is 16.5. The Morgan fingerprint density at radius 3 is 2.47 bits per heavy atom. The first kappa shape index (κ1) is 13.5. The van der Waals surface area contributed by atoms with Crippen LogP contribution in [0.4, 0.5) is 0 Å². The highest BCUT2D eigenvalue weighted by Crippen LogP contribution is 2.21. The first-order valence-corrected chi connectivity index (χ1v) is 5.28. The minimum absolute atomic E-state index is 0.0189. The van der Waals surface area contributed by atoms with E-state index in [1.54, 1.807) is 31.4 Å². The first-order chi connectivity index (χ1) is 8.19. The largest absolute Gasteiger partial charge is 0.497 e. The molecule has 0 heterocycles. The summed E-state index contributed by atoms with van der Waals surface area (Å²) in [6.07, 6.45) is -0.590. The topological polar surface area (TPSA) is 76.0 Å². The van der Waals surface area contributed by atoms with Gasteiger partial charge >= 0.3 is 5.97 Å². The molecule has 0 spiro atoms. The quantitative estimate of drug-likeness (QED) is 0.701. The van der Waals surface area contributed by atoms with Crippen LogP contribution in [0.5, 0.6) is 5.75 Å². The lowest BCUT2D eigenvalue weighted by Crippen LogP contribution is -2.16. The van der Waals surface area contributed by atoms with Crippen molar-refractivity contribution in [3.05, 3.63) is 29.8 Å². The number of rotatable bonds is 7. The van der Waals surface area contributed by atoms with E-state index in [0.717, 1.165) is 0 Å². The van der Waals surface area contributed by atoms with Crippen LogP contribution >= 0.6 is 0 Å². The molecule has 0 saturated heterocycles. The van der Waals surface area contributed by atoms with Gasteiger partial charge in [0.2, 0.25) is 0 Å². The molecule has 0 saturated carbocycles. The molecule has 0 radical (unpaired) electrons. The Morgan fingerprint density at radius 1 is 1.35 bits per heavy atom. The van der Waals surface area contributed by atoms with Gasteiger partial charge in [-0.1, -0.05) is 12.1 Å². The molecule has 5 nitrogen and oxygen atoms in total. The van der Waals surface area contributed by atoms with E-state index in [1.165, 1.54) is 0 Å². The maximum Gasteiger partial charge on any atom is 0.337 e. The standard InChI is InChI=1S/C12H16O5/c1-16-10-5-3-9(4-6-10)11(12(14)15)17-8-2-7-13/h3-6,11,13H,2,7-8H2,1H3,(H,14,15). The number of carboxylic acids is 1. The number of hydrogen-bond donors (Lipinski definition) is 2. The lowest BCUT2D eigenvalue weighted by molar-refractivity contribution is -0.151. The van der Waals surface area contributed by atoms with E-state index in [2.05, 4.69) is 0 Å². The highest BCUT2D eigenvalue weighted by Gasteiger charge is 2.20. The van der Waals surface area contributed by atoms with Crippen LogP contribution in [-0.2, 0) is 9.53 Å². The van der Waals surface area contributed by atoms with Crippen LogP contribution in [0.25, 0.3) is 0 Å². The molecule has 17 heavy (non-hydrogen) atoms. The van der Waals surface area contributed by atoms with E-state index < -0.39 is 12.1 Å². The molecule has 0 fully saturated rings. The lowest BCUT2D eigenvalue weighted by atomic mass is 10.1. The molecule has 0 aliphatic carbocycles. The number of benzene rings is 1. The predicted octanol–water partition coefficient (Wildman–Crippen LogP) is 1.22. The summed E-state index contributed by atoms with van der Waals surface area (Å²) in [5.41, 5.74) is 0.552. The van der Waals surface area contributed by atoms with Gasteiger partial charge in [-0.3, -0.25) is 0 Å². The average molecular weight is 240 g/mol. The van der Waals surface area contributed by atoms with E-state index in [1.807, 2.05) is 0 Å². The first-order valence-electron chi connectivity index (χ1n) is 5.28. The average Bonchev–Trinajstić information content (AvgIpc) is 2.34. The molecule has 1 aromatic rings. The molecule has 1 aromatic carbocycles. The van der Waals surface area contributed by atoms with Gasteiger partial charge in [-0.15, -0.1) is 0 Å². The maximum atomic E-state index is 11.0. The third kappa shape index (κ3) is 4.05. The Labute approximate surface area is 99.6 Å². The second-order valence-corrected chi connectivity index (χ2v) is 3.44. The number of carboxylic acid groups (broad SMARTS) is 1. The van der Waals surface area contributed by atoms with Crippen molar-refractivity contribution in [1.29, 1.82) is 0 Å². The summed E-state index contributed by atoms with van der Waals surface area (Å²) >= 11 is 0. The van der Waals surface area contributed by atoms with Gasteiger partial charge in [-0.05, 0) is 24.1 Å². The number of aliphatic hydroxyl groups is 1. The van der Waals surface area contributed by atoms with Crippen LogP contribution in [0.1, 0.15) is 18.1 Å². The summed E-state index contributed by atoms with van der Waals surface area (Å²) < 4.78 is 10.2. The summed E-state index contributed by atoms with van der Waals surface area (Å²) in [6.45, 7) is 0.189. The Morgan fingerprint density at radius 2 is 2.00 bits per heavy atom. The van der Waals surface area contributed by atoms with Crippen molar-refractivity contribution < 1.29 is 24.5 Å². The summed E-state index contributed by atoms with van der Waals surface area (Å²) in [7, 11) is 1.54. The van der Waals surface area contributed by atoms with Crippen molar-refractivity contribution in [3.63, 3.8) is 0 Å². The summed E-state index contributed by atoms with van der Waals surface area (Å²) in [6, 6.07) is 6.66. The molecule has 2 N–H and O–H groups in total. The Bertz CT molecular complexity index is 346. The van der Waals surface area contributed by atoms with E-state index in [4.69, 9.17) is 19.7 Å². The van der Waals surface area contributed by atoms with Crippen LogP contribution < -0.4 is 4.74 Å². The number of aliphatic carboxylic acids is 1. The fraction of sp³-hybridized carbons (Fsp3) is 0.417. The number of hydrogen-bond acceptors (Lipinski definition) is 4. The van der Waals surface area contributed by atoms with Gasteiger partial charge in [0.1, 0.15) is 5.75 Å². The molecule has 5 heteroatoms. The van der Waals surface area contributed by atoms with Gasteiger partial charge in [0.25, 0.3) is 0 Å². The third-order valence-electron chi connectivity index (χ3n) is 2.23. The van der Waals surface area contributed by atoms with Crippen LogP contribution in [0.2, 0.25) is 0 Å². The zero-order valence-electron chi connectivity index (χ0n) is 9.63. The fourth-order valence-corrected chi connectivity index (χ4v) is 1.35. The van der Waals surface area contributed by atoms with Gasteiger partial charge in [0.15, 0.2) is 6.10 Å². The normalized spacial score (nSPS) is 12.1. The fourth-order valence-electron chi connectivity index (χ4n) is 1.35. The maximum absolute atomic E-state index is 11.0. The molecule has 1 rings (SSSR count). The molecule has 0 aliphatic heterocycles. The van der Waals surface area contributed by atoms with Gasteiger partial charge < -0.3 is 19.7 Å². The molecule has 0 aliphatic rings. The van der Waals surface area contributed by atoms with E-state index in [-0.39, 0.29) is 13.2 Å². The Hall–Kier alpha value is -1.59. The summed E-state index contributed by atoms with van der Waals surface area (Å²) in [5.74, 6) is -0.388. The zero-order valence-corrected chi connectivity index (χ0v) is 9.63. The molecular formula is C12H16O5. The third-order valence-corrected chi connectivity index (χ3v) is 2.23. The minimum Gasteiger partial charge on any atom is -0.497 e. The van der Waals surface area contributed by atoms with Gasteiger partial charge in [-0.2, -0.15) is 0 Å². The predicted molar refractivity (Wildman–Crippen MR) is 61.0 cm³/mol. The van der Waals surface area contributed by atoms with Crippen molar-refractivity contribution >= 4 is 5.97 Å². The number of ether oxygens (including phenoxy) is 2. The van der Waals surface area contributed by atoms with Crippen molar-refractivity contribution in [2.45, 2.75) is 12.5 Å². The number of aliphatic hydroxyl groups excluding tert-OH is 1. The van der Waals surface area contributed by atoms with Crippen LogP contribution in [0, 0.1) is 0 Å². The molecule has 1 unspecified atom stereocenters. The van der Waals surface area contributed by atoms with Crippen molar-refractivity contribution in [3.8, 4) is 5.75 Å². The Kier molecular flexibility index (Phi) is 5.45. The SMILES string of the molecule is COc1ccc(C(OCCCO)C(=O)O)cc1. The molecule has 0 aromatic heterocycles. The second kappa shape index (κ2) is 6.88.